The van der Waals surface area contributed by atoms with Crippen molar-refractivity contribution in [3.8, 4) is 0 Å². The quantitative estimate of drug-likeness (QED) is 0.865. The summed E-state index contributed by atoms with van der Waals surface area (Å²) in [5.41, 5.74) is 0.860. The highest BCUT2D eigenvalue weighted by Crippen LogP contribution is 2.38. The number of halogens is 1. The lowest BCUT2D eigenvalue weighted by Gasteiger charge is -2.17. The Balaban J connectivity index is 1.58. The van der Waals surface area contributed by atoms with Gasteiger partial charge < -0.3 is 10.1 Å². The number of rotatable bonds is 3. The molecule has 1 heterocycles. The summed E-state index contributed by atoms with van der Waals surface area (Å²) < 4.78 is 5.42. The summed E-state index contributed by atoms with van der Waals surface area (Å²) in [7, 11) is 0. The maximum atomic E-state index is 12.1. The van der Waals surface area contributed by atoms with Gasteiger partial charge in [0, 0.05) is 10.6 Å². The van der Waals surface area contributed by atoms with Crippen molar-refractivity contribution in [1.29, 1.82) is 0 Å². The van der Waals surface area contributed by atoms with Gasteiger partial charge in [0.1, 0.15) is 12.6 Å². The first-order valence-electron chi connectivity index (χ1n) is 6.89. The third kappa shape index (κ3) is 2.63. The Morgan fingerprint density at radius 1 is 1.37 bits per heavy atom. The summed E-state index contributed by atoms with van der Waals surface area (Å²) in [5, 5.41) is 3.95. The van der Waals surface area contributed by atoms with E-state index in [1.165, 1.54) is 12.8 Å². The molecule has 0 radical (unpaired) electrons. The zero-order valence-corrected chi connectivity index (χ0v) is 11.5. The fraction of sp³-hybridized carbons (Fsp3) is 0.533. The van der Waals surface area contributed by atoms with Crippen LogP contribution >= 0.6 is 11.6 Å². The molecule has 19 heavy (non-hydrogen) atoms. The van der Waals surface area contributed by atoms with Crippen LogP contribution in [0.3, 0.4) is 0 Å². The fourth-order valence-corrected chi connectivity index (χ4v) is 3.49. The third-order valence-electron chi connectivity index (χ3n) is 4.33. The van der Waals surface area contributed by atoms with Gasteiger partial charge in [-0.1, -0.05) is 36.2 Å². The zero-order valence-electron chi connectivity index (χ0n) is 10.8. The Hall–Kier alpha value is -1.06. The highest BCUT2D eigenvalue weighted by molar-refractivity contribution is 6.31. The van der Waals surface area contributed by atoms with Crippen LogP contribution in [0.1, 0.15) is 24.8 Å². The Labute approximate surface area is 118 Å². The molecular weight excluding hydrogens is 262 g/mol. The molecule has 102 valence electrons. The second kappa shape index (κ2) is 5.51. The summed E-state index contributed by atoms with van der Waals surface area (Å²) in [6.07, 6.45) is 3.63. The van der Waals surface area contributed by atoms with Crippen molar-refractivity contribution >= 4 is 17.6 Å². The van der Waals surface area contributed by atoms with Crippen molar-refractivity contribution in [3.05, 3.63) is 34.9 Å². The van der Waals surface area contributed by atoms with E-state index in [4.69, 9.17) is 16.3 Å². The molecule has 2 aliphatic rings. The highest BCUT2D eigenvalue weighted by Gasteiger charge is 2.43. The first-order chi connectivity index (χ1) is 9.25. The minimum absolute atomic E-state index is 0.116. The van der Waals surface area contributed by atoms with Gasteiger partial charge in [-0.2, -0.15) is 0 Å². The van der Waals surface area contributed by atoms with Crippen LogP contribution in [0.15, 0.2) is 24.3 Å². The van der Waals surface area contributed by atoms with Gasteiger partial charge in [-0.15, -0.1) is 0 Å². The van der Waals surface area contributed by atoms with Crippen LogP contribution in [0.5, 0.6) is 0 Å². The predicted octanol–water partition coefficient (Wildman–Crippen LogP) is 2.77. The second-order valence-electron chi connectivity index (χ2n) is 5.44. The molecule has 1 saturated carbocycles. The van der Waals surface area contributed by atoms with Gasteiger partial charge in [0.2, 0.25) is 0 Å². The van der Waals surface area contributed by atoms with E-state index in [1.54, 1.807) is 0 Å². The van der Waals surface area contributed by atoms with Gasteiger partial charge in [-0.05, 0) is 37.3 Å². The number of benzene rings is 1. The molecule has 1 aromatic rings. The molecule has 3 unspecified atom stereocenters. The molecule has 1 aromatic carbocycles. The first kappa shape index (κ1) is 12.9. The lowest BCUT2D eigenvalue weighted by atomic mass is 9.94. The van der Waals surface area contributed by atoms with Crippen molar-refractivity contribution < 1.29 is 9.53 Å². The van der Waals surface area contributed by atoms with E-state index in [1.807, 2.05) is 24.3 Å². The van der Waals surface area contributed by atoms with E-state index >= 15 is 0 Å². The van der Waals surface area contributed by atoms with Gasteiger partial charge in [0.25, 0.3) is 0 Å². The van der Waals surface area contributed by atoms with Crippen LogP contribution in [0, 0.1) is 11.8 Å². The Morgan fingerprint density at radius 2 is 2.21 bits per heavy atom. The predicted molar refractivity (Wildman–Crippen MR) is 73.9 cm³/mol. The van der Waals surface area contributed by atoms with E-state index in [2.05, 4.69) is 5.32 Å². The number of carbonyl (C=O) groups is 1. The standard InChI is InChI=1S/C15H18ClNO2/c16-13-7-2-1-4-11(13)9-19-15(18)14-12-6-3-5-10(12)8-17-14/h1-2,4,7,10,12,14,17H,3,5-6,8-9H2. The maximum Gasteiger partial charge on any atom is 0.323 e. The van der Waals surface area contributed by atoms with Gasteiger partial charge in [-0.3, -0.25) is 4.79 Å². The van der Waals surface area contributed by atoms with Crippen LogP contribution in [0.2, 0.25) is 5.02 Å². The van der Waals surface area contributed by atoms with Crippen LogP contribution < -0.4 is 5.32 Å². The number of fused-ring (bicyclic) bond motifs is 1. The number of hydrogen-bond acceptors (Lipinski definition) is 3. The molecule has 0 bridgehead atoms. The monoisotopic (exact) mass is 279 g/mol. The fourth-order valence-electron chi connectivity index (χ4n) is 3.30. The lowest BCUT2D eigenvalue weighted by molar-refractivity contribution is -0.148. The number of hydrogen-bond donors (Lipinski definition) is 1. The van der Waals surface area contributed by atoms with E-state index in [9.17, 15) is 4.79 Å². The Morgan fingerprint density at radius 3 is 3.05 bits per heavy atom. The largest absolute Gasteiger partial charge is 0.460 e. The summed E-state index contributed by atoms with van der Waals surface area (Å²) in [6.45, 7) is 1.21. The Bertz CT molecular complexity index is 477. The van der Waals surface area contributed by atoms with Crippen LogP contribution in [-0.4, -0.2) is 18.6 Å². The average Bonchev–Trinajstić information content (AvgIpc) is 2.99. The van der Waals surface area contributed by atoms with Crippen molar-refractivity contribution in [2.24, 2.45) is 11.8 Å². The molecule has 2 fully saturated rings. The molecule has 1 aliphatic heterocycles. The molecular formula is C15H18ClNO2. The van der Waals surface area contributed by atoms with E-state index in [0.29, 0.717) is 16.9 Å². The smallest absolute Gasteiger partial charge is 0.323 e. The molecule has 1 saturated heterocycles. The summed E-state index contributed by atoms with van der Waals surface area (Å²) in [4.78, 5) is 12.1. The number of nitrogens with one attached hydrogen (secondary N) is 1. The van der Waals surface area contributed by atoms with Crippen LogP contribution in [0.25, 0.3) is 0 Å². The van der Waals surface area contributed by atoms with Crippen LogP contribution in [0.4, 0.5) is 0 Å². The van der Waals surface area contributed by atoms with E-state index in [-0.39, 0.29) is 18.6 Å². The topological polar surface area (TPSA) is 38.3 Å². The van der Waals surface area contributed by atoms with Crippen LogP contribution in [-0.2, 0) is 16.1 Å². The normalized spacial score (nSPS) is 29.2. The van der Waals surface area contributed by atoms with Gasteiger partial charge in [-0.25, -0.2) is 0 Å². The van der Waals surface area contributed by atoms with Gasteiger partial charge in [0.05, 0.1) is 0 Å². The molecule has 1 aliphatic carbocycles. The number of esters is 1. The average molecular weight is 280 g/mol. The molecule has 0 aromatic heterocycles. The SMILES string of the molecule is O=C(OCc1ccccc1Cl)C1NCC2CCCC21. The maximum absolute atomic E-state index is 12.1. The van der Waals surface area contributed by atoms with E-state index < -0.39 is 0 Å². The molecule has 3 atom stereocenters. The van der Waals surface area contributed by atoms with Gasteiger partial charge in [0.15, 0.2) is 0 Å². The van der Waals surface area contributed by atoms with Gasteiger partial charge >= 0.3 is 5.97 Å². The number of ether oxygens (including phenoxy) is 1. The lowest BCUT2D eigenvalue weighted by Crippen LogP contribution is -2.36. The summed E-state index contributed by atoms with van der Waals surface area (Å²) in [6, 6.07) is 7.35. The minimum Gasteiger partial charge on any atom is -0.460 e. The molecule has 0 spiro atoms. The summed E-state index contributed by atoms with van der Waals surface area (Å²) in [5.74, 6) is 1.01. The first-order valence-corrected chi connectivity index (χ1v) is 7.27. The van der Waals surface area contributed by atoms with Crippen molar-refractivity contribution in [2.45, 2.75) is 31.9 Å². The van der Waals surface area contributed by atoms with Crippen molar-refractivity contribution in [2.75, 3.05) is 6.54 Å². The zero-order chi connectivity index (χ0) is 13.2. The van der Waals surface area contributed by atoms with Crippen molar-refractivity contribution in [1.82, 2.24) is 5.32 Å². The summed E-state index contributed by atoms with van der Waals surface area (Å²) >= 11 is 6.05. The molecule has 1 N–H and O–H groups in total. The minimum atomic E-state index is -0.130. The molecule has 0 amide bonds. The second-order valence-corrected chi connectivity index (χ2v) is 5.85. The molecule has 3 nitrogen and oxygen atoms in total. The highest BCUT2D eigenvalue weighted by atomic mass is 35.5. The van der Waals surface area contributed by atoms with E-state index in [0.717, 1.165) is 18.5 Å². The van der Waals surface area contributed by atoms with Crippen molar-refractivity contribution in [3.63, 3.8) is 0 Å². The molecule has 3 rings (SSSR count). The Kier molecular flexibility index (Phi) is 3.76. The number of carbonyl (C=O) groups excluding carboxylic acids is 1. The molecule has 4 heteroatoms. The third-order valence-corrected chi connectivity index (χ3v) is 4.70.